The third-order valence-corrected chi connectivity index (χ3v) is 10.1. The van der Waals surface area contributed by atoms with Gasteiger partial charge in [0, 0.05) is 0 Å². The van der Waals surface area contributed by atoms with Crippen LogP contribution >= 0.6 is 0 Å². The van der Waals surface area contributed by atoms with Gasteiger partial charge in [0.25, 0.3) is 0 Å². The molecule has 1 unspecified atom stereocenters. The van der Waals surface area contributed by atoms with Crippen LogP contribution in [0.3, 0.4) is 0 Å². The Balaban J connectivity index is 0.000000201. The van der Waals surface area contributed by atoms with Crippen molar-refractivity contribution in [2.24, 2.45) is 11.3 Å². The van der Waals surface area contributed by atoms with Gasteiger partial charge < -0.3 is 24.8 Å². The molecule has 4 aromatic rings. The van der Waals surface area contributed by atoms with Gasteiger partial charge in [0.2, 0.25) is 0 Å². The summed E-state index contributed by atoms with van der Waals surface area (Å²) in [4.78, 5) is 0. The Kier molecular flexibility index (Phi) is 12.5. The molecule has 0 saturated heterocycles. The van der Waals surface area contributed by atoms with E-state index in [-0.39, 0.29) is 35.6 Å². The zero-order valence-corrected chi connectivity index (χ0v) is 33.7. The van der Waals surface area contributed by atoms with Gasteiger partial charge in [-0.3, -0.25) is 6.08 Å². The average molecular weight is 739 g/mol. The zero-order valence-electron chi connectivity index (χ0n) is 29.7. The van der Waals surface area contributed by atoms with Crippen molar-refractivity contribution in [1.29, 1.82) is 0 Å². The molecule has 0 bridgehead atoms. The van der Waals surface area contributed by atoms with E-state index >= 15 is 0 Å². The zero-order chi connectivity index (χ0) is 32.7. The van der Waals surface area contributed by atoms with Gasteiger partial charge in [0.15, 0.2) is 0 Å². The fraction of sp³-hybridized carbons (Fsp3) is 0.341. The summed E-state index contributed by atoms with van der Waals surface area (Å²) in [6.45, 7) is 22.5. The molecule has 0 radical (unpaired) electrons. The van der Waals surface area contributed by atoms with Crippen LogP contribution in [0.15, 0.2) is 90.5 Å². The van der Waals surface area contributed by atoms with Crippen molar-refractivity contribution in [2.45, 2.75) is 86.5 Å². The van der Waals surface area contributed by atoms with E-state index in [1.807, 2.05) is 0 Å². The second-order valence-electron chi connectivity index (χ2n) is 15.8. The fourth-order valence-electron chi connectivity index (χ4n) is 6.02. The maximum atomic E-state index is 3.53. The molecule has 0 amide bonds. The molecule has 0 N–H and O–H groups in total. The van der Waals surface area contributed by atoms with E-state index in [1.54, 1.807) is 0 Å². The molecular formula is C44H48Cl2Zr-2. The first kappa shape index (κ1) is 39.1. The second kappa shape index (κ2) is 15.1. The molecule has 1 atom stereocenters. The van der Waals surface area contributed by atoms with Crippen LogP contribution in [-0.2, 0) is 41.5 Å². The molecule has 3 aliphatic carbocycles. The normalized spacial score (nSPS) is 15.1. The van der Waals surface area contributed by atoms with Gasteiger partial charge >= 0.3 is 97.5 Å². The molecule has 3 aliphatic rings. The van der Waals surface area contributed by atoms with Gasteiger partial charge in [0.05, 0.1) is 0 Å². The first-order valence-electron chi connectivity index (χ1n) is 16.3. The van der Waals surface area contributed by atoms with Crippen LogP contribution in [0.25, 0.3) is 28.3 Å². The van der Waals surface area contributed by atoms with Crippen molar-refractivity contribution < 1.29 is 49.0 Å². The average Bonchev–Trinajstić information content (AvgIpc) is 3.67. The molecule has 0 fully saturated rings. The predicted octanol–water partition coefficient (Wildman–Crippen LogP) is 4.92. The fourth-order valence-corrected chi connectivity index (χ4v) is 6.76. The molecule has 3 heteroatoms. The standard InChI is InChI=1S/C21H25.C13H8.C10H15.2ClH.Zr/c1-20(2,3)16-9-7-14-11-15-8-10-17(21(4,5)6)13-19(15)18(14)12-16;1-3-7-12-10(5-1)9-11-6-2-4-8-13(11)12;1-8-5-6-9(7-8)10(2,3)4;;;/h7,9-10,12-13H,11H2,1-6H3;1-5,7-9H;6-8H,1-4H3;2*1H;/q-1;;-1;;;+2/p-2. The summed E-state index contributed by atoms with van der Waals surface area (Å²) in [5.41, 5.74) is 14.6. The number of fused-ring (bicyclic) bond motifs is 6. The Hall–Kier alpha value is -2.31. The molecule has 0 aliphatic heterocycles. The van der Waals surface area contributed by atoms with Gasteiger partial charge in [-0.15, -0.1) is 5.56 Å². The number of allylic oxidation sites excluding steroid dienone is 4. The van der Waals surface area contributed by atoms with Crippen LogP contribution in [0.1, 0.15) is 97.1 Å². The summed E-state index contributed by atoms with van der Waals surface area (Å²) in [6.07, 6.45) is 11.0. The van der Waals surface area contributed by atoms with Crippen LogP contribution in [0, 0.1) is 26.3 Å². The van der Waals surface area contributed by atoms with Gasteiger partial charge in [-0.05, 0) is 17.4 Å². The third kappa shape index (κ3) is 9.03. The van der Waals surface area contributed by atoms with E-state index in [4.69, 9.17) is 0 Å². The van der Waals surface area contributed by atoms with E-state index < -0.39 is 0 Å². The van der Waals surface area contributed by atoms with Crippen molar-refractivity contribution >= 4 is 6.08 Å². The van der Waals surface area contributed by atoms with E-state index in [1.165, 1.54) is 87.9 Å². The summed E-state index contributed by atoms with van der Waals surface area (Å²) in [7, 11) is 0. The van der Waals surface area contributed by atoms with Gasteiger partial charge in [0.1, 0.15) is 0 Å². The predicted molar refractivity (Wildman–Crippen MR) is 189 cm³/mol. The molecule has 0 spiro atoms. The Morgan fingerprint density at radius 2 is 1.32 bits per heavy atom. The summed E-state index contributed by atoms with van der Waals surface area (Å²) < 4.78 is 1.45. The van der Waals surface area contributed by atoms with E-state index in [0.29, 0.717) is 11.3 Å². The van der Waals surface area contributed by atoms with E-state index in [2.05, 4.69) is 172 Å². The van der Waals surface area contributed by atoms with Gasteiger partial charge in [-0.1, -0.05) is 115 Å². The molecule has 0 heterocycles. The molecule has 7 rings (SSSR count). The third-order valence-electron chi connectivity index (χ3n) is 8.98. The Bertz CT molecular complexity index is 1840. The molecular weight excluding hydrogens is 691 g/mol. The van der Waals surface area contributed by atoms with Crippen LogP contribution in [0.2, 0.25) is 0 Å². The summed E-state index contributed by atoms with van der Waals surface area (Å²) in [5, 5.41) is 1.42. The molecule has 4 aromatic carbocycles. The molecule has 244 valence electrons. The quantitative estimate of drug-likeness (QED) is 0.194. The van der Waals surface area contributed by atoms with Crippen molar-refractivity contribution in [3.8, 4) is 22.3 Å². The monoisotopic (exact) mass is 736 g/mol. The van der Waals surface area contributed by atoms with E-state index in [0.717, 1.165) is 6.42 Å². The molecule has 0 saturated carbocycles. The minimum atomic E-state index is 0. The Morgan fingerprint density at radius 1 is 0.681 bits per heavy atom. The topological polar surface area (TPSA) is 0 Å². The van der Waals surface area contributed by atoms with Crippen LogP contribution in [0.4, 0.5) is 0 Å². The first-order valence-corrected chi connectivity index (χ1v) is 17.5. The Morgan fingerprint density at radius 3 is 1.91 bits per heavy atom. The van der Waals surface area contributed by atoms with Crippen molar-refractivity contribution in [3.05, 3.63) is 139 Å². The van der Waals surface area contributed by atoms with Crippen LogP contribution in [0.5, 0.6) is 0 Å². The Labute approximate surface area is 311 Å². The number of rotatable bonds is 0. The summed E-state index contributed by atoms with van der Waals surface area (Å²) >= 11 is 1.49. The summed E-state index contributed by atoms with van der Waals surface area (Å²) in [6, 6.07) is 30.2. The number of hydrogen-bond donors (Lipinski definition) is 0. The van der Waals surface area contributed by atoms with E-state index in [9.17, 15) is 0 Å². The summed E-state index contributed by atoms with van der Waals surface area (Å²) in [5.74, 6) is 0.522. The van der Waals surface area contributed by atoms with Gasteiger partial charge in [-0.25, -0.2) is 6.08 Å². The van der Waals surface area contributed by atoms with Crippen LogP contribution in [-0.4, -0.2) is 0 Å². The number of halogens is 2. The number of benzene rings is 4. The van der Waals surface area contributed by atoms with Crippen molar-refractivity contribution in [3.63, 3.8) is 0 Å². The molecule has 47 heavy (non-hydrogen) atoms. The SMILES string of the molecule is CC(C)(C)c1c[c-]c2c(c1)-c1cc(C(C)(C)C)ccc1C2.CC1[C-]=CC(C(C)(C)C)=C1.[Cl-].[Cl-].[Zr+2]=[c]1cccc2c1=Cc1ccccc1-2. The second-order valence-corrected chi connectivity index (χ2v) is 17.1. The number of hydrogen-bond acceptors (Lipinski definition) is 0. The van der Waals surface area contributed by atoms with Crippen molar-refractivity contribution in [1.82, 2.24) is 0 Å². The molecule has 0 nitrogen and oxygen atoms in total. The molecule has 0 aromatic heterocycles. The van der Waals surface area contributed by atoms with Gasteiger partial charge in [-0.2, -0.15) is 41.0 Å². The maximum absolute atomic E-state index is 3.53. The minimum absolute atomic E-state index is 0. The van der Waals surface area contributed by atoms with Crippen molar-refractivity contribution in [2.75, 3.05) is 0 Å². The first-order chi connectivity index (χ1) is 21.0. The van der Waals surface area contributed by atoms with Crippen LogP contribution < -0.4 is 30.0 Å².